The lowest BCUT2D eigenvalue weighted by Crippen LogP contribution is -2.51. The smallest absolute Gasteiger partial charge is 0.249 e. The summed E-state index contributed by atoms with van der Waals surface area (Å²) in [6.45, 7) is 7.33. The molecular formula is C32H40N4O2. The zero-order chi connectivity index (χ0) is 26.7. The molecule has 1 saturated carbocycles. The van der Waals surface area contributed by atoms with Crippen LogP contribution in [0, 0.1) is 0 Å². The fraction of sp³-hybridized carbons (Fsp3) is 0.469. The highest BCUT2D eigenvalue weighted by molar-refractivity contribution is 6.04. The molecular weight excluding hydrogens is 472 g/mol. The van der Waals surface area contributed by atoms with Gasteiger partial charge in [0.05, 0.1) is 11.7 Å². The number of pyridine rings is 1. The molecule has 2 fully saturated rings. The molecule has 0 radical (unpaired) electrons. The van der Waals surface area contributed by atoms with E-state index in [1.807, 2.05) is 48.7 Å². The number of nitrogens with one attached hydrogen (secondary N) is 2. The summed E-state index contributed by atoms with van der Waals surface area (Å²) in [6, 6.07) is 17.0. The number of fused-ring (bicyclic) bond motifs is 1. The third-order valence-corrected chi connectivity index (χ3v) is 8.00. The number of nitrogens with zero attached hydrogens (tertiary/aromatic N) is 2. The van der Waals surface area contributed by atoms with E-state index in [2.05, 4.69) is 43.5 Å². The largest absolute Gasteiger partial charge is 0.351 e. The Balaban J connectivity index is 1.60. The van der Waals surface area contributed by atoms with Crippen LogP contribution in [-0.2, 0) is 15.0 Å². The van der Waals surface area contributed by atoms with Gasteiger partial charge in [-0.25, -0.2) is 0 Å². The van der Waals surface area contributed by atoms with Gasteiger partial charge in [-0.15, -0.1) is 0 Å². The van der Waals surface area contributed by atoms with Crippen molar-refractivity contribution in [2.75, 3.05) is 11.4 Å². The monoisotopic (exact) mass is 512 g/mol. The Labute approximate surface area is 226 Å². The summed E-state index contributed by atoms with van der Waals surface area (Å²) in [4.78, 5) is 34.8. The molecule has 38 heavy (non-hydrogen) atoms. The maximum absolute atomic E-state index is 14.2. The van der Waals surface area contributed by atoms with Crippen LogP contribution in [0.15, 0.2) is 60.8 Å². The van der Waals surface area contributed by atoms with Gasteiger partial charge in [-0.05, 0) is 66.8 Å². The van der Waals surface area contributed by atoms with Crippen LogP contribution in [0.5, 0.6) is 0 Å². The Bertz CT molecular complexity index is 1270. The summed E-state index contributed by atoms with van der Waals surface area (Å²) in [6.07, 6.45) is 8.91. The van der Waals surface area contributed by atoms with Crippen molar-refractivity contribution < 1.29 is 9.59 Å². The molecule has 200 valence electrons. The van der Waals surface area contributed by atoms with Crippen LogP contribution in [0.3, 0.4) is 0 Å². The minimum absolute atomic E-state index is 0.0158. The third kappa shape index (κ3) is 5.75. The molecule has 5 rings (SSSR count). The number of aromatic nitrogens is 1. The van der Waals surface area contributed by atoms with E-state index < -0.39 is 6.04 Å². The van der Waals surface area contributed by atoms with Crippen molar-refractivity contribution in [1.82, 2.24) is 15.6 Å². The number of benzene rings is 2. The molecule has 0 spiro atoms. The van der Waals surface area contributed by atoms with E-state index in [-0.39, 0.29) is 29.3 Å². The van der Waals surface area contributed by atoms with Crippen LogP contribution in [0.25, 0.3) is 10.8 Å². The molecule has 2 N–H and O–H groups in total. The van der Waals surface area contributed by atoms with Crippen LogP contribution in [0.2, 0.25) is 0 Å². The standard InChI is InChI=1S/C32H40N4O2/c1-32(2,3)24-15-17-26(18-16-24)36(31(38)27-14-9-19-33-27)29(30(37)35-25-12-5-4-6-13-25)28-20-22-10-7-8-11-23(22)21-34-28/h7-8,10-11,15-18,20-21,25,27,29,33H,4-6,9,12-14,19H2,1-3H3,(H,35,37)/t27-,29?/m1/s1. The predicted molar refractivity (Wildman–Crippen MR) is 153 cm³/mol. The molecule has 1 unspecified atom stereocenters. The van der Waals surface area contributed by atoms with Crippen molar-refractivity contribution in [2.24, 2.45) is 0 Å². The van der Waals surface area contributed by atoms with Crippen LogP contribution in [-0.4, -0.2) is 35.4 Å². The maximum atomic E-state index is 14.2. The molecule has 6 nitrogen and oxygen atoms in total. The van der Waals surface area contributed by atoms with E-state index in [1.165, 1.54) is 12.0 Å². The molecule has 6 heteroatoms. The number of carbonyl (C=O) groups excluding carboxylic acids is 2. The van der Waals surface area contributed by atoms with Gasteiger partial charge in [0.15, 0.2) is 6.04 Å². The average molecular weight is 513 g/mol. The zero-order valence-corrected chi connectivity index (χ0v) is 22.9. The first-order valence-corrected chi connectivity index (χ1v) is 14.1. The summed E-state index contributed by atoms with van der Waals surface area (Å²) >= 11 is 0. The lowest BCUT2D eigenvalue weighted by atomic mass is 9.87. The van der Waals surface area contributed by atoms with Crippen molar-refractivity contribution in [1.29, 1.82) is 0 Å². The van der Waals surface area contributed by atoms with E-state index >= 15 is 0 Å². The van der Waals surface area contributed by atoms with Gasteiger partial charge in [-0.1, -0.05) is 76.4 Å². The lowest BCUT2D eigenvalue weighted by molar-refractivity contribution is -0.128. The van der Waals surface area contributed by atoms with E-state index in [9.17, 15) is 9.59 Å². The molecule has 2 aromatic carbocycles. The van der Waals surface area contributed by atoms with Gasteiger partial charge in [-0.3, -0.25) is 19.5 Å². The molecule has 2 atom stereocenters. The van der Waals surface area contributed by atoms with Crippen molar-refractivity contribution in [3.8, 4) is 0 Å². The molecule has 2 amide bonds. The summed E-state index contributed by atoms with van der Waals surface area (Å²) < 4.78 is 0. The van der Waals surface area contributed by atoms with Crippen LogP contribution < -0.4 is 15.5 Å². The lowest BCUT2D eigenvalue weighted by Gasteiger charge is -2.34. The molecule has 2 aliphatic rings. The van der Waals surface area contributed by atoms with Gasteiger partial charge < -0.3 is 10.6 Å². The van der Waals surface area contributed by atoms with Crippen molar-refractivity contribution >= 4 is 28.3 Å². The normalized spacial score (nSPS) is 19.3. The molecule has 1 saturated heterocycles. The number of hydrogen-bond acceptors (Lipinski definition) is 4. The number of amides is 2. The number of hydrogen-bond donors (Lipinski definition) is 2. The Morgan fingerprint density at radius 1 is 0.947 bits per heavy atom. The summed E-state index contributed by atoms with van der Waals surface area (Å²) in [5.41, 5.74) is 2.47. The van der Waals surface area contributed by atoms with Gasteiger partial charge in [0.25, 0.3) is 0 Å². The van der Waals surface area contributed by atoms with Gasteiger partial charge in [-0.2, -0.15) is 0 Å². The number of anilines is 1. The predicted octanol–water partition coefficient (Wildman–Crippen LogP) is 5.81. The highest BCUT2D eigenvalue weighted by Gasteiger charge is 2.38. The minimum Gasteiger partial charge on any atom is -0.351 e. The zero-order valence-electron chi connectivity index (χ0n) is 22.9. The summed E-state index contributed by atoms with van der Waals surface area (Å²) in [5.74, 6) is -0.240. The fourth-order valence-corrected chi connectivity index (χ4v) is 5.75. The van der Waals surface area contributed by atoms with Gasteiger partial charge in [0.1, 0.15) is 0 Å². The van der Waals surface area contributed by atoms with E-state index in [4.69, 9.17) is 4.98 Å². The quantitative estimate of drug-likeness (QED) is 0.437. The number of carbonyl (C=O) groups is 2. The molecule has 2 heterocycles. The second-order valence-corrected chi connectivity index (χ2v) is 11.9. The minimum atomic E-state index is -0.864. The summed E-state index contributed by atoms with van der Waals surface area (Å²) in [7, 11) is 0. The van der Waals surface area contributed by atoms with Gasteiger partial charge in [0.2, 0.25) is 11.8 Å². The molecule has 1 aliphatic carbocycles. The summed E-state index contributed by atoms with van der Waals surface area (Å²) in [5, 5.41) is 8.67. The van der Waals surface area contributed by atoms with Crippen molar-refractivity contribution in [3.63, 3.8) is 0 Å². The SMILES string of the molecule is CC(C)(C)c1ccc(N(C(=O)[C@H]2CCCN2)C(C(=O)NC2CCCCC2)c2cc3ccccc3cn2)cc1. The van der Waals surface area contributed by atoms with Crippen LogP contribution in [0.1, 0.15) is 83.0 Å². The highest BCUT2D eigenvalue weighted by atomic mass is 16.2. The Kier molecular flexibility index (Phi) is 7.80. The van der Waals surface area contributed by atoms with Crippen molar-refractivity contribution in [3.05, 3.63) is 72.1 Å². The fourth-order valence-electron chi connectivity index (χ4n) is 5.75. The van der Waals surface area contributed by atoms with Gasteiger partial charge >= 0.3 is 0 Å². The average Bonchev–Trinajstić information content (AvgIpc) is 3.46. The second-order valence-electron chi connectivity index (χ2n) is 11.9. The first-order valence-electron chi connectivity index (χ1n) is 14.1. The highest BCUT2D eigenvalue weighted by Crippen LogP contribution is 2.33. The molecule has 0 bridgehead atoms. The maximum Gasteiger partial charge on any atom is 0.249 e. The molecule has 1 aromatic heterocycles. The van der Waals surface area contributed by atoms with E-state index in [1.54, 1.807) is 4.90 Å². The number of rotatable bonds is 6. The first-order chi connectivity index (χ1) is 18.3. The van der Waals surface area contributed by atoms with Crippen LogP contribution >= 0.6 is 0 Å². The van der Waals surface area contributed by atoms with Crippen molar-refractivity contribution in [2.45, 2.75) is 89.3 Å². The van der Waals surface area contributed by atoms with Crippen LogP contribution in [0.4, 0.5) is 5.69 Å². The first kappa shape index (κ1) is 26.4. The van der Waals surface area contributed by atoms with E-state index in [0.29, 0.717) is 5.69 Å². The Hall–Kier alpha value is -3.25. The van der Waals surface area contributed by atoms with Gasteiger partial charge in [0, 0.05) is 23.3 Å². The second kappa shape index (κ2) is 11.2. The topological polar surface area (TPSA) is 74.3 Å². The Morgan fingerprint density at radius 3 is 2.32 bits per heavy atom. The molecule has 1 aliphatic heterocycles. The third-order valence-electron chi connectivity index (χ3n) is 8.00. The Morgan fingerprint density at radius 2 is 1.66 bits per heavy atom. The molecule has 3 aromatic rings. The van der Waals surface area contributed by atoms with E-state index in [0.717, 1.165) is 61.5 Å².